The summed E-state index contributed by atoms with van der Waals surface area (Å²) in [6.45, 7) is 2.54. The number of isothiocyanates is 1. The Bertz CT molecular complexity index is 290. The number of thiocarbonyl (C=S) groups is 1. The maximum Gasteiger partial charge on any atom is 0.0917 e. The molecule has 0 aliphatic heterocycles. The average molecular weight is 164 g/mol. The number of aromatic nitrogens is 1. The summed E-state index contributed by atoms with van der Waals surface area (Å²) in [6.07, 6.45) is 1.75. The number of nitrogens with zero attached hydrogens (tertiary/aromatic N) is 2. The van der Waals surface area contributed by atoms with Gasteiger partial charge in [0.15, 0.2) is 0 Å². The Labute approximate surface area is 71.0 Å². The minimum Gasteiger partial charge on any atom is -0.259 e. The normalized spacial score (nSPS) is 8.82. The lowest BCUT2D eigenvalue weighted by atomic mass is 10.2. The minimum atomic E-state index is 0.538. The zero-order chi connectivity index (χ0) is 8.10. The van der Waals surface area contributed by atoms with Crippen molar-refractivity contribution in [3.63, 3.8) is 0 Å². The Morgan fingerprint density at radius 1 is 1.73 bits per heavy atom. The molecule has 1 rings (SSSR count). The molecule has 0 amide bonds. The van der Waals surface area contributed by atoms with Crippen LogP contribution in [0.15, 0.2) is 23.3 Å². The summed E-state index contributed by atoms with van der Waals surface area (Å²) in [6, 6.07) is 3.90. The van der Waals surface area contributed by atoms with Crippen molar-refractivity contribution in [2.24, 2.45) is 4.99 Å². The van der Waals surface area contributed by atoms with Crippen LogP contribution in [-0.2, 0) is 6.54 Å². The number of aliphatic imine (C=N–C) groups is 1. The van der Waals surface area contributed by atoms with Crippen LogP contribution in [-0.4, -0.2) is 10.1 Å². The lowest BCUT2D eigenvalue weighted by Gasteiger charge is -1.97. The van der Waals surface area contributed by atoms with Crippen molar-refractivity contribution in [1.29, 1.82) is 0 Å². The molecule has 0 saturated carbocycles. The molecule has 56 valence electrons. The van der Waals surface area contributed by atoms with Gasteiger partial charge in [-0.1, -0.05) is 6.07 Å². The first-order valence-electron chi connectivity index (χ1n) is 3.28. The maximum absolute atomic E-state index is 4.45. The van der Waals surface area contributed by atoms with Gasteiger partial charge >= 0.3 is 0 Å². The van der Waals surface area contributed by atoms with Crippen molar-refractivity contribution in [3.8, 4) is 0 Å². The van der Waals surface area contributed by atoms with Crippen LogP contribution in [0.2, 0.25) is 0 Å². The Hall–Kier alpha value is -1.05. The lowest BCUT2D eigenvalue weighted by molar-refractivity contribution is 0.976. The highest BCUT2D eigenvalue weighted by Gasteiger charge is 1.94. The van der Waals surface area contributed by atoms with Gasteiger partial charge in [-0.3, -0.25) is 4.98 Å². The van der Waals surface area contributed by atoms with Gasteiger partial charge in [-0.05, 0) is 30.8 Å². The second kappa shape index (κ2) is 3.96. The summed E-state index contributed by atoms with van der Waals surface area (Å²) in [7, 11) is 0. The van der Waals surface area contributed by atoms with Crippen molar-refractivity contribution < 1.29 is 0 Å². The third-order valence-corrected chi connectivity index (χ3v) is 1.54. The molecule has 0 unspecified atom stereocenters. The van der Waals surface area contributed by atoms with E-state index < -0.39 is 0 Å². The predicted molar refractivity (Wildman–Crippen MR) is 47.7 cm³/mol. The molecular weight excluding hydrogens is 156 g/mol. The molecule has 0 bridgehead atoms. The summed E-state index contributed by atoms with van der Waals surface area (Å²) in [5, 5.41) is 2.31. The molecule has 0 fully saturated rings. The molecule has 3 heteroatoms. The first-order chi connectivity index (χ1) is 5.34. The zero-order valence-corrected chi connectivity index (χ0v) is 7.06. The highest BCUT2D eigenvalue weighted by Crippen LogP contribution is 2.03. The van der Waals surface area contributed by atoms with Gasteiger partial charge in [-0.2, -0.15) is 0 Å². The molecule has 0 spiro atoms. The molecule has 0 N–H and O–H groups in total. The minimum absolute atomic E-state index is 0.538. The van der Waals surface area contributed by atoms with Gasteiger partial charge in [0.1, 0.15) is 0 Å². The fourth-order valence-corrected chi connectivity index (χ4v) is 0.856. The predicted octanol–water partition coefficient (Wildman–Crippen LogP) is 1.99. The SMILES string of the molecule is Cc1cccnc1CN=C=S. The van der Waals surface area contributed by atoms with E-state index in [-0.39, 0.29) is 0 Å². The third kappa shape index (κ3) is 2.22. The molecule has 0 saturated heterocycles. The number of rotatable bonds is 2. The molecule has 0 aliphatic carbocycles. The second-order valence-corrected chi connectivity index (χ2v) is 2.36. The highest BCUT2D eigenvalue weighted by atomic mass is 32.1. The van der Waals surface area contributed by atoms with Gasteiger partial charge in [0.05, 0.1) is 17.4 Å². The molecule has 0 radical (unpaired) electrons. The first-order valence-corrected chi connectivity index (χ1v) is 3.69. The molecular formula is C8H8N2S. The van der Waals surface area contributed by atoms with Crippen LogP contribution in [0.5, 0.6) is 0 Å². The van der Waals surface area contributed by atoms with Crippen LogP contribution in [0.4, 0.5) is 0 Å². The van der Waals surface area contributed by atoms with Crippen LogP contribution in [0.1, 0.15) is 11.3 Å². The van der Waals surface area contributed by atoms with E-state index in [1.54, 1.807) is 6.20 Å². The number of aryl methyl sites for hydroxylation is 1. The topological polar surface area (TPSA) is 25.2 Å². The van der Waals surface area contributed by atoms with Gasteiger partial charge in [0, 0.05) is 6.20 Å². The second-order valence-electron chi connectivity index (χ2n) is 2.17. The Balaban J connectivity index is 2.85. The first kappa shape index (κ1) is 8.05. The average Bonchev–Trinajstić information content (AvgIpc) is 2.03. The number of pyridine rings is 1. The van der Waals surface area contributed by atoms with Crippen LogP contribution in [0.3, 0.4) is 0 Å². The molecule has 0 atom stereocenters. The molecule has 0 aromatic carbocycles. The maximum atomic E-state index is 4.45. The molecule has 1 heterocycles. The quantitative estimate of drug-likeness (QED) is 0.493. The Kier molecular flexibility index (Phi) is 2.90. The third-order valence-electron chi connectivity index (χ3n) is 1.41. The fourth-order valence-electron chi connectivity index (χ4n) is 0.791. The Morgan fingerprint density at radius 3 is 3.18 bits per heavy atom. The zero-order valence-electron chi connectivity index (χ0n) is 6.24. The van der Waals surface area contributed by atoms with Crippen molar-refractivity contribution in [3.05, 3.63) is 29.6 Å². The van der Waals surface area contributed by atoms with Crippen LogP contribution in [0.25, 0.3) is 0 Å². The van der Waals surface area contributed by atoms with Gasteiger partial charge in [-0.15, -0.1) is 0 Å². The molecule has 1 aromatic heterocycles. The summed E-state index contributed by atoms with van der Waals surface area (Å²) in [5.41, 5.74) is 2.10. The van der Waals surface area contributed by atoms with Crippen LogP contribution in [0, 0.1) is 6.92 Å². The lowest BCUT2D eigenvalue weighted by Crippen LogP contribution is -1.89. The van der Waals surface area contributed by atoms with Crippen molar-refractivity contribution in [1.82, 2.24) is 4.98 Å². The van der Waals surface area contributed by atoms with E-state index in [1.807, 2.05) is 19.1 Å². The van der Waals surface area contributed by atoms with Crippen LogP contribution < -0.4 is 0 Å². The van der Waals surface area contributed by atoms with Crippen molar-refractivity contribution in [2.75, 3.05) is 0 Å². The van der Waals surface area contributed by atoms with E-state index in [9.17, 15) is 0 Å². The van der Waals surface area contributed by atoms with Gasteiger partial charge in [-0.25, -0.2) is 4.99 Å². The smallest absolute Gasteiger partial charge is 0.0917 e. The van der Waals surface area contributed by atoms with E-state index in [1.165, 1.54) is 0 Å². The van der Waals surface area contributed by atoms with E-state index >= 15 is 0 Å². The standard InChI is InChI=1S/C8H8N2S/c1-7-3-2-4-10-8(7)5-9-6-11/h2-4H,5H2,1H3. The molecule has 11 heavy (non-hydrogen) atoms. The van der Waals surface area contributed by atoms with Gasteiger partial charge < -0.3 is 0 Å². The summed E-state index contributed by atoms with van der Waals surface area (Å²) in [5.74, 6) is 0. The fraction of sp³-hybridized carbons (Fsp3) is 0.250. The van der Waals surface area contributed by atoms with Crippen LogP contribution >= 0.6 is 12.2 Å². The van der Waals surface area contributed by atoms with Crippen molar-refractivity contribution in [2.45, 2.75) is 13.5 Å². The van der Waals surface area contributed by atoms with Gasteiger partial charge in [0.2, 0.25) is 0 Å². The van der Waals surface area contributed by atoms with Crippen molar-refractivity contribution >= 4 is 17.4 Å². The van der Waals surface area contributed by atoms with E-state index in [4.69, 9.17) is 0 Å². The largest absolute Gasteiger partial charge is 0.259 e. The number of hydrogen-bond acceptors (Lipinski definition) is 3. The summed E-state index contributed by atoms with van der Waals surface area (Å²) >= 11 is 4.45. The molecule has 2 nitrogen and oxygen atoms in total. The summed E-state index contributed by atoms with van der Waals surface area (Å²) < 4.78 is 0. The molecule has 1 aromatic rings. The van der Waals surface area contributed by atoms with Gasteiger partial charge in [0.25, 0.3) is 0 Å². The monoisotopic (exact) mass is 164 g/mol. The molecule has 0 aliphatic rings. The van der Waals surface area contributed by atoms with E-state index in [0.29, 0.717) is 6.54 Å². The number of hydrogen-bond donors (Lipinski definition) is 0. The van der Waals surface area contributed by atoms with E-state index in [2.05, 4.69) is 27.4 Å². The van der Waals surface area contributed by atoms with E-state index in [0.717, 1.165) is 11.3 Å². The summed E-state index contributed by atoms with van der Waals surface area (Å²) in [4.78, 5) is 7.94. The Morgan fingerprint density at radius 2 is 2.55 bits per heavy atom. The highest BCUT2D eigenvalue weighted by molar-refractivity contribution is 7.78.